The fraction of sp³-hybridized carbons (Fsp3) is 1.00. The van der Waals surface area contributed by atoms with E-state index in [9.17, 15) is 0 Å². The van der Waals surface area contributed by atoms with Gasteiger partial charge in [-0.05, 0) is 33.1 Å². The Bertz CT molecular complexity index is 258. The summed E-state index contributed by atoms with van der Waals surface area (Å²) in [7, 11) is 0. The normalized spacial score (nSPS) is 15.6. The molecule has 0 aliphatic rings. The van der Waals surface area contributed by atoms with Crippen LogP contribution in [0.1, 0.15) is 79.6 Å². The molecule has 146 valence electrons. The first-order chi connectivity index (χ1) is 11.5. The van der Waals surface area contributed by atoms with Gasteiger partial charge in [0, 0.05) is 6.61 Å². The zero-order valence-corrected chi connectivity index (χ0v) is 16.8. The van der Waals surface area contributed by atoms with Crippen LogP contribution in [-0.2, 0) is 14.2 Å². The molecule has 0 spiro atoms. The Morgan fingerprint density at radius 1 is 0.625 bits per heavy atom. The molecule has 0 aliphatic heterocycles. The number of aliphatic hydroxyl groups is 1. The second-order valence-electron chi connectivity index (χ2n) is 7.46. The molecule has 0 aromatic carbocycles. The van der Waals surface area contributed by atoms with Gasteiger partial charge >= 0.3 is 0 Å². The number of ether oxygens (including phenoxy) is 3. The Kier molecular flexibility index (Phi) is 16.2. The summed E-state index contributed by atoms with van der Waals surface area (Å²) in [4.78, 5) is 0. The first kappa shape index (κ1) is 23.8. The third-order valence-electron chi connectivity index (χ3n) is 4.07. The van der Waals surface area contributed by atoms with Gasteiger partial charge in [-0.3, -0.25) is 0 Å². The molecule has 4 nitrogen and oxygen atoms in total. The fourth-order valence-electron chi connectivity index (χ4n) is 2.39. The van der Waals surface area contributed by atoms with E-state index >= 15 is 0 Å². The Morgan fingerprint density at radius 2 is 1.12 bits per heavy atom. The van der Waals surface area contributed by atoms with Gasteiger partial charge < -0.3 is 19.3 Å². The van der Waals surface area contributed by atoms with Crippen LogP contribution in [0.5, 0.6) is 0 Å². The fourth-order valence-corrected chi connectivity index (χ4v) is 2.39. The molecule has 0 rings (SSSR count). The van der Waals surface area contributed by atoms with E-state index in [0.29, 0.717) is 13.2 Å². The molecular formula is C20H42O4. The second-order valence-corrected chi connectivity index (χ2v) is 7.46. The molecule has 0 amide bonds. The Balaban J connectivity index is 3.36. The van der Waals surface area contributed by atoms with E-state index in [1.54, 1.807) is 0 Å². The van der Waals surface area contributed by atoms with Gasteiger partial charge in [-0.1, -0.05) is 52.4 Å². The molecule has 4 heteroatoms. The average Bonchev–Trinajstić information content (AvgIpc) is 2.55. The summed E-state index contributed by atoms with van der Waals surface area (Å²) < 4.78 is 16.9. The molecule has 1 N–H and O–H groups in total. The van der Waals surface area contributed by atoms with Gasteiger partial charge in [-0.2, -0.15) is 0 Å². The minimum absolute atomic E-state index is 0.0240. The van der Waals surface area contributed by atoms with Crippen molar-refractivity contribution in [3.05, 3.63) is 0 Å². The van der Waals surface area contributed by atoms with Crippen LogP contribution >= 0.6 is 0 Å². The molecule has 3 unspecified atom stereocenters. The summed E-state index contributed by atoms with van der Waals surface area (Å²) >= 11 is 0. The highest BCUT2D eigenvalue weighted by Gasteiger charge is 2.09. The maximum absolute atomic E-state index is 8.90. The van der Waals surface area contributed by atoms with Crippen molar-refractivity contribution in [1.82, 2.24) is 0 Å². The number of unbranched alkanes of at least 4 members (excludes halogenated alkanes) is 5. The lowest BCUT2D eigenvalue weighted by molar-refractivity contribution is -0.0746. The van der Waals surface area contributed by atoms with Crippen LogP contribution in [0, 0.1) is 5.92 Å². The molecule has 0 aliphatic carbocycles. The molecule has 0 radical (unpaired) electrons. The number of rotatable bonds is 17. The van der Waals surface area contributed by atoms with E-state index in [1.165, 1.54) is 38.5 Å². The zero-order chi connectivity index (χ0) is 18.2. The maximum atomic E-state index is 8.90. The number of hydrogen-bond donors (Lipinski definition) is 1. The molecule has 0 bridgehead atoms. The van der Waals surface area contributed by atoms with Crippen LogP contribution in [0.25, 0.3) is 0 Å². The molecule has 0 aromatic rings. The highest BCUT2D eigenvalue weighted by atomic mass is 16.6. The third-order valence-corrected chi connectivity index (χ3v) is 4.07. The van der Waals surface area contributed by atoms with Gasteiger partial charge in [0.05, 0.1) is 38.1 Å². The largest absolute Gasteiger partial charge is 0.394 e. The molecule has 0 aromatic heterocycles. The smallest absolute Gasteiger partial charge is 0.0781 e. The molecule has 0 saturated heterocycles. The van der Waals surface area contributed by atoms with Crippen molar-refractivity contribution in [2.75, 3.05) is 26.4 Å². The minimum atomic E-state index is -0.130. The molecular weight excluding hydrogens is 304 g/mol. The predicted molar refractivity (Wildman–Crippen MR) is 100 cm³/mol. The van der Waals surface area contributed by atoms with E-state index in [2.05, 4.69) is 20.8 Å². The van der Waals surface area contributed by atoms with Crippen molar-refractivity contribution in [1.29, 1.82) is 0 Å². The maximum Gasteiger partial charge on any atom is 0.0781 e. The van der Waals surface area contributed by atoms with Crippen LogP contribution in [-0.4, -0.2) is 49.8 Å². The van der Waals surface area contributed by atoms with E-state index in [4.69, 9.17) is 19.3 Å². The van der Waals surface area contributed by atoms with Gasteiger partial charge in [0.15, 0.2) is 0 Å². The Hall–Kier alpha value is -0.160. The third kappa shape index (κ3) is 16.7. The van der Waals surface area contributed by atoms with E-state index in [0.717, 1.165) is 18.9 Å². The predicted octanol–water partition coefficient (Wildman–Crippen LogP) is 4.58. The summed E-state index contributed by atoms with van der Waals surface area (Å²) in [5, 5.41) is 8.90. The number of hydrogen-bond acceptors (Lipinski definition) is 4. The van der Waals surface area contributed by atoms with Gasteiger partial charge in [-0.25, -0.2) is 0 Å². The minimum Gasteiger partial charge on any atom is -0.394 e. The molecule has 24 heavy (non-hydrogen) atoms. The van der Waals surface area contributed by atoms with Crippen molar-refractivity contribution >= 4 is 0 Å². The van der Waals surface area contributed by atoms with Crippen LogP contribution in [0.3, 0.4) is 0 Å². The second kappa shape index (κ2) is 16.3. The van der Waals surface area contributed by atoms with Crippen LogP contribution in [0.15, 0.2) is 0 Å². The van der Waals surface area contributed by atoms with Crippen LogP contribution in [0.2, 0.25) is 0 Å². The number of aliphatic hydroxyl groups excluding tert-OH is 1. The summed E-state index contributed by atoms with van der Waals surface area (Å²) in [5.74, 6) is 0.842. The van der Waals surface area contributed by atoms with Crippen molar-refractivity contribution in [3.8, 4) is 0 Å². The lowest BCUT2D eigenvalue weighted by atomic mass is 10.0. The average molecular weight is 347 g/mol. The molecule has 0 saturated carbocycles. The Labute approximate surface area is 150 Å². The van der Waals surface area contributed by atoms with E-state index < -0.39 is 0 Å². The zero-order valence-electron chi connectivity index (χ0n) is 16.8. The highest BCUT2D eigenvalue weighted by Crippen LogP contribution is 2.11. The van der Waals surface area contributed by atoms with Gasteiger partial charge in [0.25, 0.3) is 0 Å². The first-order valence-corrected chi connectivity index (χ1v) is 9.91. The SMILES string of the molecule is CC(C)CCCCCCCCOC(C)COC(C)COC(C)CO. The van der Waals surface area contributed by atoms with Crippen LogP contribution < -0.4 is 0 Å². The van der Waals surface area contributed by atoms with Gasteiger partial charge in [0.1, 0.15) is 0 Å². The highest BCUT2D eigenvalue weighted by molar-refractivity contribution is 4.55. The summed E-state index contributed by atoms with van der Waals surface area (Å²) in [6.45, 7) is 12.4. The lowest BCUT2D eigenvalue weighted by Gasteiger charge is -2.19. The Morgan fingerprint density at radius 3 is 1.71 bits per heavy atom. The van der Waals surface area contributed by atoms with E-state index in [-0.39, 0.29) is 24.9 Å². The van der Waals surface area contributed by atoms with Gasteiger partial charge in [0.2, 0.25) is 0 Å². The summed E-state index contributed by atoms with van der Waals surface area (Å²) in [6.07, 6.45) is 9.21. The molecule has 3 atom stereocenters. The first-order valence-electron chi connectivity index (χ1n) is 9.91. The lowest BCUT2D eigenvalue weighted by Crippen LogP contribution is -2.26. The topological polar surface area (TPSA) is 47.9 Å². The summed E-state index contributed by atoms with van der Waals surface area (Å²) in [5.41, 5.74) is 0. The van der Waals surface area contributed by atoms with Crippen molar-refractivity contribution in [3.63, 3.8) is 0 Å². The van der Waals surface area contributed by atoms with Crippen LogP contribution in [0.4, 0.5) is 0 Å². The quantitative estimate of drug-likeness (QED) is 0.392. The van der Waals surface area contributed by atoms with Crippen molar-refractivity contribution in [2.45, 2.75) is 97.9 Å². The molecule has 0 fully saturated rings. The standard InChI is InChI=1S/C20H42O4/c1-17(2)12-10-8-6-7-9-11-13-22-19(4)15-24-20(5)16-23-18(3)14-21/h17-21H,6-16H2,1-5H3. The van der Waals surface area contributed by atoms with Crippen molar-refractivity contribution in [2.24, 2.45) is 5.92 Å². The summed E-state index contributed by atoms with van der Waals surface area (Å²) in [6, 6.07) is 0. The van der Waals surface area contributed by atoms with Gasteiger partial charge in [-0.15, -0.1) is 0 Å². The van der Waals surface area contributed by atoms with Crippen molar-refractivity contribution < 1.29 is 19.3 Å². The monoisotopic (exact) mass is 346 g/mol. The van der Waals surface area contributed by atoms with E-state index in [1.807, 2.05) is 13.8 Å². The molecule has 0 heterocycles.